The first-order chi connectivity index (χ1) is 12.3. The minimum atomic E-state index is -0.0925. The minimum absolute atomic E-state index is 0.0925. The highest BCUT2D eigenvalue weighted by atomic mass is 16.5. The zero-order valence-corrected chi connectivity index (χ0v) is 14.4. The van der Waals surface area contributed by atoms with Crippen molar-refractivity contribution in [1.29, 1.82) is 0 Å². The molecule has 2 aliphatic rings. The van der Waals surface area contributed by atoms with Gasteiger partial charge in [-0.05, 0) is 36.5 Å². The molecule has 25 heavy (non-hydrogen) atoms. The molecule has 1 N–H and O–H groups in total. The number of nitrogens with zero attached hydrogens (tertiary/aromatic N) is 1. The third-order valence-corrected chi connectivity index (χ3v) is 4.88. The van der Waals surface area contributed by atoms with Crippen molar-refractivity contribution in [3.05, 3.63) is 65.7 Å². The first-order valence-electron chi connectivity index (χ1n) is 9.07. The normalized spacial score (nSPS) is 21.6. The summed E-state index contributed by atoms with van der Waals surface area (Å²) in [6.07, 6.45) is 2.77. The van der Waals surface area contributed by atoms with E-state index in [1.54, 1.807) is 0 Å². The van der Waals surface area contributed by atoms with Gasteiger partial charge in [0, 0.05) is 19.6 Å². The number of ether oxygens (including phenoxy) is 1. The highest BCUT2D eigenvalue weighted by molar-refractivity contribution is 5.96. The Balaban J connectivity index is 1.31. The van der Waals surface area contributed by atoms with Crippen LogP contribution in [0.15, 0.2) is 54.6 Å². The van der Waals surface area contributed by atoms with E-state index in [9.17, 15) is 4.79 Å². The van der Waals surface area contributed by atoms with E-state index in [0.29, 0.717) is 30.5 Å². The van der Waals surface area contributed by atoms with Gasteiger partial charge in [-0.25, -0.2) is 0 Å². The van der Waals surface area contributed by atoms with Crippen LogP contribution in [0.4, 0.5) is 0 Å². The number of hydrogen-bond donors (Lipinski definition) is 1. The number of hydrogen-bond acceptors (Lipinski definition) is 3. The molecule has 4 rings (SSSR count). The molecule has 1 aliphatic heterocycles. The number of para-hydroxylation sites is 1. The Labute approximate surface area is 148 Å². The summed E-state index contributed by atoms with van der Waals surface area (Å²) in [5.41, 5.74) is 1.69. The predicted molar refractivity (Wildman–Crippen MR) is 97.6 cm³/mol. The third-order valence-electron chi connectivity index (χ3n) is 4.88. The first kappa shape index (κ1) is 16.2. The van der Waals surface area contributed by atoms with Crippen LogP contribution >= 0.6 is 0 Å². The van der Waals surface area contributed by atoms with Crippen molar-refractivity contribution in [2.75, 3.05) is 19.7 Å². The predicted octanol–water partition coefficient (Wildman–Crippen LogP) is 3.09. The average Bonchev–Trinajstić information content (AvgIpc) is 3.58. The lowest BCUT2D eigenvalue weighted by atomic mass is 10.1. The van der Waals surface area contributed by atoms with Gasteiger partial charge in [-0.15, -0.1) is 0 Å². The highest BCUT2D eigenvalue weighted by Crippen LogP contribution is 2.33. The fourth-order valence-corrected chi connectivity index (χ4v) is 3.08. The number of amides is 1. The molecule has 2 atom stereocenters. The average molecular weight is 336 g/mol. The van der Waals surface area contributed by atoms with Crippen LogP contribution in [-0.4, -0.2) is 36.5 Å². The Morgan fingerprint density at radius 1 is 1.08 bits per heavy atom. The number of nitrogens with one attached hydrogen (secondary N) is 1. The van der Waals surface area contributed by atoms with E-state index in [-0.39, 0.29) is 5.91 Å². The number of rotatable bonds is 8. The van der Waals surface area contributed by atoms with E-state index in [1.165, 1.54) is 19.4 Å². The van der Waals surface area contributed by atoms with Crippen molar-refractivity contribution in [2.45, 2.75) is 25.4 Å². The first-order valence-corrected chi connectivity index (χ1v) is 9.07. The van der Waals surface area contributed by atoms with Crippen molar-refractivity contribution in [2.24, 2.45) is 5.92 Å². The number of carbonyl (C=O) groups excluding carboxylic acids is 1. The molecule has 0 radical (unpaired) electrons. The maximum Gasteiger partial charge on any atom is 0.255 e. The molecule has 2 aromatic rings. The molecule has 2 aromatic carbocycles. The minimum Gasteiger partial charge on any atom is -0.491 e. The molecular weight excluding hydrogens is 312 g/mol. The van der Waals surface area contributed by atoms with Gasteiger partial charge in [0.1, 0.15) is 12.4 Å². The number of carbonyl (C=O) groups is 1. The third kappa shape index (κ3) is 4.40. The summed E-state index contributed by atoms with van der Waals surface area (Å²) in [6.45, 7) is 3.52. The monoisotopic (exact) mass is 336 g/mol. The molecule has 1 saturated carbocycles. The molecule has 0 aromatic heterocycles. The van der Waals surface area contributed by atoms with Gasteiger partial charge >= 0.3 is 0 Å². The lowest BCUT2D eigenvalue weighted by Crippen LogP contribution is -2.24. The molecule has 4 nitrogen and oxygen atoms in total. The molecule has 2 unspecified atom stereocenters. The molecule has 1 aliphatic carbocycles. The maximum absolute atomic E-state index is 12.5. The van der Waals surface area contributed by atoms with Gasteiger partial charge in [0.05, 0.1) is 11.6 Å². The molecule has 0 spiro atoms. The van der Waals surface area contributed by atoms with Gasteiger partial charge in [0.2, 0.25) is 0 Å². The van der Waals surface area contributed by atoms with Crippen molar-refractivity contribution in [3.8, 4) is 5.75 Å². The zero-order valence-electron chi connectivity index (χ0n) is 14.4. The van der Waals surface area contributed by atoms with E-state index in [0.717, 1.165) is 18.0 Å². The summed E-state index contributed by atoms with van der Waals surface area (Å²) in [5, 5.41) is 2.97. The Bertz CT molecular complexity index is 728. The highest BCUT2D eigenvalue weighted by Gasteiger charge is 2.38. The van der Waals surface area contributed by atoms with Crippen molar-refractivity contribution in [3.63, 3.8) is 0 Å². The summed E-state index contributed by atoms with van der Waals surface area (Å²) in [6, 6.07) is 17.9. The molecule has 1 heterocycles. The lowest BCUT2D eigenvalue weighted by molar-refractivity contribution is 0.0946. The number of benzene rings is 2. The summed E-state index contributed by atoms with van der Waals surface area (Å²) in [7, 11) is 0. The van der Waals surface area contributed by atoms with Crippen molar-refractivity contribution < 1.29 is 9.53 Å². The van der Waals surface area contributed by atoms with Crippen LogP contribution in [0.25, 0.3) is 0 Å². The Kier molecular flexibility index (Phi) is 4.70. The van der Waals surface area contributed by atoms with Crippen LogP contribution in [0.5, 0.6) is 5.75 Å². The Hall–Kier alpha value is -2.33. The molecule has 4 heteroatoms. The van der Waals surface area contributed by atoms with E-state index in [4.69, 9.17) is 4.74 Å². The lowest BCUT2D eigenvalue weighted by Gasteiger charge is -2.12. The molecule has 1 saturated heterocycles. The summed E-state index contributed by atoms with van der Waals surface area (Å²) < 4.78 is 5.96. The van der Waals surface area contributed by atoms with Gasteiger partial charge in [0.15, 0.2) is 0 Å². The smallest absolute Gasteiger partial charge is 0.255 e. The zero-order chi connectivity index (χ0) is 17.1. The van der Waals surface area contributed by atoms with Gasteiger partial charge in [-0.3, -0.25) is 9.69 Å². The van der Waals surface area contributed by atoms with Crippen LogP contribution in [0, 0.1) is 5.92 Å². The van der Waals surface area contributed by atoms with Gasteiger partial charge in [-0.2, -0.15) is 0 Å². The van der Waals surface area contributed by atoms with E-state index >= 15 is 0 Å². The fourth-order valence-electron chi connectivity index (χ4n) is 3.08. The van der Waals surface area contributed by atoms with Crippen LogP contribution in [0.2, 0.25) is 0 Å². The largest absolute Gasteiger partial charge is 0.491 e. The van der Waals surface area contributed by atoms with Crippen molar-refractivity contribution in [1.82, 2.24) is 10.2 Å². The van der Waals surface area contributed by atoms with Gasteiger partial charge < -0.3 is 10.1 Å². The van der Waals surface area contributed by atoms with E-state index in [2.05, 4.69) is 10.2 Å². The molecule has 130 valence electrons. The summed E-state index contributed by atoms with van der Waals surface area (Å²) >= 11 is 0. The van der Waals surface area contributed by atoms with Crippen LogP contribution in [-0.2, 0) is 6.54 Å². The second kappa shape index (κ2) is 7.28. The van der Waals surface area contributed by atoms with Gasteiger partial charge in [-0.1, -0.05) is 42.5 Å². The summed E-state index contributed by atoms with van der Waals surface area (Å²) in [5.74, 6) is 1.50. The van der Waals surface area contributed by atoms with Gasteiger partial charge in [0.25, 0.3) is 5.91 Å². The van der Waals surface area contributed by atoms with Crippen molar-refractivity contribution >= 4 is 5.91 Å². The molecule has 2 fully saturated rings. The Morgan fingerprint density at radius 3 is 2.64 bits per heavy atom. The standard InChI is InChI=1S/C21H24N2O2/c24-21(22-12-16-6-2-1-3-7-16)19-8-4-5-9-20(19)25-15-18-14-23(18)13-17-10-11-17/h1-9,17-18H,10-15H2,(H,22,24). The SMILES string of the molecule is O=C(NCc1ccccc1)c1ccccc1OCC1CN1CC1CC1. The Morgan fingerprint density at radius 2 is 1.84 bits per heavy atom. The van der Waals surface area contributed by atoms with E-state index < -0.39 is 0 Å². The van der Waals surface area contributed by atoms with E-state index in [1.807, 2.05) is 54.6 Å². The fraction of sp³-hybridized carbons (Fsp3) is 0.381. The summed E-state index contributed by atoms with van der Waals surface area (Å²) in [4.78, 5) is 15.0. The van der Waals surface area contributed by atoms with Crippen LogP contribution in [0.1, 0.15) is 28.8 Å². The molecule has 0 bridgehead atoms. The van der Waals surface area contributed by atoms with Crippen LogP contribution < -0.4 is 10.1 Å². The topological polar surface area (TPSA) is 41.3 Å². The maximum atomic E-state index is 12.5. The second-order valence-corrected chi connectivity index (χ2v) is 7.03. The molecular formula is C21H24N2O2. The molecule has 1 amide bonds. The van der Waals surface area contributed by atoms with Crippen LogP contribution in [0.3, 0.4) is 0 Å². The quantitative estimate of drug-likeness (QED) is 0.753. The second-order valence-electron chi connectivity index (χ2n) is 7.03.